The quantitative estimate of drug-likeness (QED) is 0.693. The van der Waals surface area contributed by atoms with Crippen LogP contribution in [0.15, 0.2) is 18.2 Å². The lowest BCUT2D eigenvalue weighted by molar-refractivity contribution is 0.0496. The molecule has 2 amide bonds. The van der Waals surface area contributed by atoms with Crippen LogP contribution in [0.5, 0.6) is 0 Å². The Labute approximate surface area is 172 Å². The zero-order chi connectivity index (χ0) is 21.6. The molecule has 1 N–H and O–H groups in total. The number of nitrogens with one attached hydrogen (secondary N) is 1. The molecule has 1 fully saturated rings. The number of halogens is 1. The Kier molecular flexibility index (Phi) is 7.70. The third-order valence-corrected chi connectivity index (χ3v) is 4.32. The van der Waals surface area contributed by atoms with Crippen molar-refractivity contribution in [2.24, 2.45) is 0 Å². The summed E-state index contributed by atoms with van der Waals surface area (Å²) in [6, 6.07) is 4.79. The van der Waals surface area contributed by atoms with E-state index in [2.05, 4.69) is 19.2 Å². The van der Waals surface area contributed by atoms with Crippen LogP contribution in [-0.2, 0) is 9.47 Å². The average Bonchev–Trinajstić information content (AvgIpc) is 2.99. The van der Waals surface area contributed by atoms with E-state index >= 15 is 0 Å². The van der Waals surface area contributed by atoms with Crippen molar-refractivity contribution in [1.29, 1.82) is 0 Å². The maximum absolute atomic E-state index is 14.7. The van der Waals surface area contributed by atoms with Gasteiger partial charge in [-0.1, -0.05) is 13.8 Å². The van der Waals surface area contributed by atoms with Crippen LogP contribution in [0.25, 0.3) is 0 Å². The first kappa shape index (κ1) is 22.8. The van der Waals surface area contributed by atoms with Gasteiger partial charge in [0.15, 0.2) is 0 Å². The third kappa shape index (κ3) is 6.51. The summed E-state index contributed by atoms with van der Waals surface area (Å²) in [5, 5.41) is 2.59. The Hall–Kier alpha value is -2.51. The van der Waals surface area contributed by atoms with Crippen molar-refractivity contribution in [2.75, 3.05) is 36.0 Å². The van der Waals surface area contributed by atoms with Gasteiger partial charge in [0.25, 0.3) is 0 Å². The topological polar surface area (TPSA) is 71.1 Å². The lowest BCUT2D eigenvalue weighted by Gasteiger charge is -2.25. The van der Waals surface area contributed by atoms with Crippen LogP contribution in [0.3, 0.4) is 0 Å². The molecule has 1 saturated heterocycles. The fraction of sp³-hybridized carbons (Fsp3) is 0.619. The molecule has 1 atom stereocenters. The molecule has 0 unspecified atom stereocenters. The largest absolute Gasteiger partial charge is 0.444 e. The number of carbonyl (C=O) groups is 2. The summed E-state index contributed by atoms with van der Waals surface area (Å²) in [6.07, 6.45) is 0.175. The maximum atomic E-state index is 14.7. The number of hydrogen-bond acceptors (Lipinski definition) is 5. The molecule has 1 heterocycles. The van der Waals surface area contributed by atoms with E-state index in [0.29, 0.717) is 11.4 Å². The smallest absolute Gasteiger partial charge is 0.414 e. The van der Waals surface area contributed by atoms with Crippen molar-refractivity contribution < 1.29 is 23.5 Å². The number of alkyl carbamates (subject to hydrolysis) is 1. The lowest BCUT2D eigenvalue weighted by Crippen LogP contribution is -2.38. The third-order valence-electron chi connectivity index (χ3n) is 4.32. The Balaban J connectivity index is 2.01. The van der Waals surface area contributed by atoms with E-state index in [1.165, 1.54) is 11.0 Å². The van der Waals surface area contributed by atoms with Crippen LogP contribution in [-0.4, -0.2) is 50.1 Å². The minimum atomic E-state index is -0.606. The highest BCUT2D eigenvalue weighted by molar-refractivity contribution is 5.90. The van der Waals surface area contributed by atoms with Crippen LogP contribution < -0.4 is 15.1 Å². The number of amides is 2. The maximum Gasteiger partial charge on any atom is 0.414 e. The molecule has 0 aliphatic carbocycles. The van der Waals surface area contributed by atoms with Crippen molar-refractivity contribution in [3.05, 3.63) is 24.0 Å². The Morgan fingerprint density at radius 1 is 1.31 bits per heavy atom. The predicted octanol–water partition coefficient (Wildman–Crippen LogP) is 4.30. The molecule has 0 bridgehead atoms. The summed E-state index contributed by atoms with van der Waals surface area (Å²) in [6.45, 7) is 11.3. The van der Waals surface area contributed by atoms with E-state index in [1.54, 1.807) is 32.9 Å². The molecule has 0 saturated carbocycles. The van der Waals surface area contributed by atoms with Gasteiger partial charge in [-0.25, -0.2) is 14.0 Å². The van der Waals surface area contributed by atoms with E-state index in [9.17, 15) is 14.0 Å². The van der Waals surface area contributed by atoms with E-state index in [1.807, 2.05) is 4.90 Å². The number of hydrogen-bond donors (Lipinski definition) is 1. The molecule has 1 aliphatic heterocycles. The molecule has 2 rings (SSSR count). The number of benzene rings is 1. The van der Waals surface area contributed by atoms with Gasteiger partial charge in [0.2, 0.25) is 0 Å². The fourth-order valence-electron chi connectivity index (χ4n) is 3.16. The van der Waals surface area contributed by atoms with E-state index in [-0.39, 0.29) is 18.9 Å². The van der Waals surface area contributed by atoms with Gasteiger partial charge in [-0.3, -0.25) is 4.90 Å². The van der Waals surface area contributed by atoms with Gasteiger partial charge in [0.1, 0.15) is 17.5 Å². The van der Waals surface area contributed by atoms with Gasteiger partial charge in [-0.15, -0.1) is 0 Å². The van der Waals surface area contributed by atoms with Crippen molar-refractivity contribution in [1.82, 2.24) is 5.32 Å². The first-order valence-corrected chi connectivity index (χ1v) is 10.1. The summed E-state index contributed by atoms with van der Waals surface area (Å²) >= 11 is 0. The fourth-order valence-corrected chi connectivity index (χ4v) is 3.16. The number of rotatable bonds is 8. The number of ether oxygens (including phenoxy) is 2. The SMILES string of the molecule is CCCN(CCC)c1ccc(N2C[C@H](CNC(=O)OC(C)(C)C)OC2=O)cc1F. The minimum Gasteiger partial charge on any atom is -0.444 e. The summed E-state index contributed by atoms with van der Waals surface area (Å²) in [7, 11) is 0. The second kappa shape index (κ2) is 9.80. The summed E-state index contributed by atoms with van der Waals surface area (Å²) < 4.78 is 25.2. The van der Waals surface area contributed by atoms with Crippen LogP contribution in [0.4, 0.5) is 25.4 Å². The first-order valence-electron chi connectivity index (χ1n) is 10.1. The molecule has 7 nitrogen and oxygen atoms in total. The normalized spacial score (nSPS) is 16.6. The van der Waals surface area contributed by atoms with E-state index in [4.69, 9.17) is 9.47 Å². The molecular weight excluding hydrogens is 377 g/mol. The standard InChI is InChI=1S/C21H32FN3O4/c1-6-10-24(11-7-2)18-9-8-15(12-17(18)22)25-14-16(28-20(25)27)13-23-19(26)29-21(3,4)5/h8-9,12,16H,6-7,10-11,13-14H2,1-5H3,(H,23,26)/t16-/m0/s1. The molecule has 1 aliphatic rings. The van der Waals surface area contributed by atoms with Crippen LogP contribution >= 0.6 is 0 Å². The number of carbonyl (C=O) groups excluding carboxylic acids is 2. The van der Waals surface area contributed by atoms with Gasteiger partial charge in [-0.05, 0) is 51.8 Å². The van der Waals surface area contributed by atoms with Crippen molar-refractivity contribution in [3.63, 3.8) is 0 Å². The first-order chi connectivity index (χ1) is 13.6. The Bertz CT molecular complexity index is 714. The van der Waals surface area contributed by atoms with E-state index in [0.717, 1.165) is 25.9 Å². The van der Waals surface area contributed by atoms with Gasteiger partial charge >= 0.3 is 12.2 Å². The second-order valence-corrected chi connectivity index (χ2v) is 8.12. The zero-order valence-electron chi connectivity index (χ0n) is 18.0. The number of anilines is 2. The molecule has 162 valence electrons. The average molecular weight is 410 g/mol. The summed E-state index contributed by atoms with van der Waals surface area (Å²) in [4.78, 5) is 27.4. The lowest BCUT2D eigenvalue weighted by atomic mass is 10.2. The molecule has 1 aromatic carbocycles. The molecule has 29 heavy (non-hydrogen) atoms. The van der Waals surface area contributed by atoms with Crippen LogP contribution in [0.2, 0.25) is 0 Å². The molecule has 8 heteroatoms. The van der Waals surface area contributed by atoms with Crippen molar-refractivity contribution >= 4 is 23.6 Å². The Morgan fingerprint density at radius 3 is 2.52 bits per heavy atom. The monoisotopic (exact) mass is 409 g/mol. The van der Waals surface area contributed by atoms with Crippen molar-refractivity contribution in [2.45, 2.75) is 59.2 Å². The van der Waals surface area contributed by atoms with Gasteiger partial charge in [-0.2, -0.15) is 0 Å². The van der Waals surface area contributed by atoms with Gasteiger partial charge in [0.05, 0.1) is 24.5 Å². The minimum absolute atomic E-state index is 0.124. The highest BCUT2D eigenvalue weighted by Gasteiger charge is 2.33. The van der Waals surface area contributed by atoms with Crippen molar-refractivity contribution in [3.8, 4) is 0 Å². The summed E-state index contributed by atoms with van der Waals surface area (Å²) in [5.41, 5.74) is 0.364. The van der Waals surface area contributed by atoms with Gasteiger partial charge < -0.3 is 19.7 Å². The second-order valence-electron chi connectivity index (χ2n) is 8.12. The molecule has 0 aromatic heterocycles. The van der Waals surface area contributed by atoms with Crippen LogP contribution in [0, 0.1) is 5.82 Å². The predicted molar refractivity (Wildman–Crippen MR) is 111 cm³/mol. The highest BCUT2D eigenvalue weighted by atomic mass is 19.1. The zero-order valence-corrected chi connectivity index (χ0v) is 18.0. The molecule has 1 aromatic rings. The van der Waals surface area contributed by atoms with Crippen LogP contribution in [0.1, 0.15) is 47.5 Å². The number of cyclic esters (lactones) is 1. The Morgan fingerprint density at radius 2 is 1.97 bits per heavy atom. The van der Waals surface area contributed by atoms with Gasteiger partial charge in [0, 0.05) is 13.1 Å². The molecular formula is C21H32FN3O4. The molecule has 0 spiro atoms. The number of nitrogens with zero attached hydrogens (tertiary/aromatic N) is 2. The summed E-state index contributed by atoms with van der Waals surface area (Å²) in [5.74, 6) is -0.368. The van der Waals surface area contributed by atoms with E-state index < -0.39 is 23.9 Å². The highest BCUT2D eigenvalue weighted by Crippen LogP contribution is 2.28. The molecule has 0 radical (unpaired) electrons.